The molecule has 0 aliphatic carbocycles. The summed E-state index contributed by atoms with van der Waals surface area (Å²) in [5.41, 5.74) is 6.67. The first-order valence-corrected chi connectivity index (χ1v) is 5.54. The Morgan fingerprint density at radius 3 is 2.69 bits per heavy atom. The summed E-state index contributed by atoms with van der Waals surface area (Å²) in [7, 11) is 0. The van der Waals surface area contributed by atoms with Gasteiger partial charge in [0.1, 0.15) is 5.02 Å². The van der Waals surface area contributed by atoms with Crippen LogP contribution >= 0.6 is 11.6 Å². The van der Waals surface area contributed by atoms with Crippen LogP contribution in [0, 0.1) is 16.0 Å². The van der Waals surface area contributed by atoms with Crippen molar-refractivity contribution in [3.63, 3.8) is 0 Å². The number of hydrogen-bond donors (Lipinski definition) is 1. The molecule has 0 heterocycles. The van der Waals surface area contributed by atoms with Gasteiger partial charge in [-0.2, -0.15) is 0 Å². The maximum Gasteiger partial charge on any atom is 0.288 e. The van der Waals surface area contributed by atoms with Crippen LogP contribution in [0.4, 0.5) is 5.69 Å². The molecule has 0 bridgehead atoms. The molecule has 2 N–H and O–H groups in total. The lowest BCUT2D eigenvalue weighted by Crippen LogP contribution is -2.18. The first-order valence-electron chi connectivity index (χ1n) is 5.16. The highest BCUT2D eigenvalue weighted by atomic mass is 35.5. The van der Waals surface area contributed by atoms with Gasteiger partial charge in [0, 0.05) is 12.1 Å². The number of halogens is 1. The molecule has 1 aromatic carbocycles. The molecule has 1 aromatic rings. The lowest BCUT2D eigenvalue weighted by Gasteiger charge is -2.18. The second-order valence-electron chi connectivity index (χ2n) is 3.88. The fraction of sp³-hybridized carbons (Fsp3) is 0.455. The van der Waals surface area contributed by atoms with Crippen molar-refractivity contribution in [3.8, 4) is 0 Å². The number of nitro groups is 1. The highest BCUT2D eigenvalue weighted by Gasteiger charge is 2.18. The van der Waals surface area contributed by atoms with Crippen molar-refractivity contribution < 1.29 is 4.92 Å². The van der Waals surface area contributed by atoms with Crippen molar-refractivity contribution in [2.75, 3.05) is 0 Å². The first-order chi connectivity index (χ1) is 7.47. The standard InChI is InChI=1S/C11H15ClN2O2/c1-3-7(2)11(13)8-4-5-9(12)10(6-8)14(15)16/h4-7,11H,3,13H2,1-2H3/t7?,11-/m1/s1. The molecule has 0 aliphatic rings. The zero-order valence-corrected chi connectivity index (χ0v) is 10.1. The Balaban J connectivity index is 3.07. The van der Waals surface area contributed by atoms with Gasteiger partial charge in [0.15, 0.2) is 0 Å². The molecule has 1 rings (SSSR count). The first kappa shape index (κ1) is 12.9. The van der Waals surface area contributed by atoms with E-state index in [0.29, 0.717) is 0 Å². The van der Waals surface area contributed by atoms with Gasteiger partial charge < -0.3 is 5.73 Å². The Bertz CT molecular complexity index is 396. The van der Waals surface area contributed by atoms with Crippen LogP contribution in [0.1, 0.15) is 31.9 Å². The Hall–Kier alpha value is -1.13. The summed E-state index contributed by atoms with van der Waals surface area (Å²) in [5.74, 6) is 0.278. The van der Waals surface area contributed by atoms with Crippen molar-refractivity contribution >= 4 is 17.3 Å². The highest BCUT2D eigenvalue weighted by molar-refractivity contribution is 6.32. The molecule has 0 amide bonds. The largest absolute Gasteiger partial charge is 0.324 e. The predicted octanol–water partition coefficient (Wildman–Crippen LogP) is 3.29. The van der Waals surface area contributed by atoms with E-state index in [9.17, 15) is 10.1 Å². The van der Waals surface area contributed by atoms with E-state index in [4.69, 9.17) is 17.3 Å². The molecular weight excluding hydrogens is 228 g/mol. The third kappa shape index (κ3) is 2.71. The Kier molecular flexibility index (Phi) is 4.26. The average molecular weight is 243 g/mol. The molecule has 88 valence electrons. The van der Waals surface area contributed by atoms with Crippen LogP contribution < -0.4 is 5.73 Å². The van der Waals surface area contributed by atoms with Crippen molar-refractivity contribution in [2.45, 2.75) is 26.3 Å². The summed E-state index contributed by atoms with van der Waals surface area (Å²) < 4.78 is 0. The summed E-state index contributed by atoms with van der Waals surface area (Å²) in [4.78, 5) is 10.2. The minimum absolute atomic E-state index is 0.0853. The van der Waals surface area contributed by atoms with Crippen LogP contribution in [0.5, 0.6) is 0 Å². The van der Waals surface area contributed by atoms with Gasteiger partial charge in [0.05, 0.1) is 4.92 Å². The molecule has 16 heavy (non-hydrogen) atoms. The SMILES string of the molecule is CCC(C)[C@@H](N)c1ccc(Cl)c([N+](=O)[O-])c1. The summed E-state index contributed by atoms with van der Waals surface area (Å²) >= 11 is 5.73. The molecule has 0 spiro atoms. The maximum absolute atomic E-state index is 10.7. The van der Waals surface area contributed by atoms with Gasteiger partial charge in [0.25, 0.3) is 5.69 Å². The third-order valence-electron chi connectivity index (χ3n) is 2.81. The van der Waals surface area contributed by atoms with Gasteiger partial charge in [-0.3, -0.25) is 10.1 Å². The van der Waals surface area contributed by atoms with Crippen LogP contribution in [0.3, 0.4) is 0 Å². The van der Waals surface area contributed by atoms with Gasteiger partial charge in [-0.05, 0) is 17.5 Å². The highest BCUT2D eigenvalue weighted by Crippen LogP contribution is 2.30. The van der Waals surface area contributed by atoms with E-state index >= 15 is 0 Å². The van der Waals surface area contributed by atoms with Crippen molar-refractivity contribution in [1.82, 2.24) is 0 Å². The number of benzene rings is 1. The van der Waals surface area contributed by atoms with E-state index in [0.717, 1.165) is 12.0 Å². The second-order valence-corrected chi connectivity index (χ2v) is 4.29. The van der Waals surface area contributed by atoms with Crippen molar-refractivity contribution in [3.05, 3.63) is 38.9 Å². The molecule has 0 aromatic heterocycles. The molecule has 1 unspecified atom stereocenters. The van der Waals surface area contributed by atoms with Crippen molar-refractivity contribution in [1.29, 1.82) is 0 Å². The topological polar surface area (TPSA) is 69.2 Å². The van der Waals surface area contributed by atoms with Gasteiger partial charge in [-0.1, -0.05) is 37.9 Å². The molecule has 4 nitrogen and oxygen atoms in total. The number of rotatable bonds is 4. The summed E-state index contributed by atoms with van der Waals surface area (Å²) in [6, 6.07) is 4.53. The van der Waals surface area contributed by atoms with E-state index in [-0.39, 0.29) is 22.7 Å². The molecule has 0 saturated carbocycles. The van der Waals surface area contributed by atoms with Crippen LogP contribution in [0.25, 0.3) is 0 Å². The van der Waals surface area contributed by atoms with Gasteiger partial charge in [0.2, 0.25) is 0 Å². The van der Waals surface area contributed by atoms with E-state index < -0.39 is 4.92 Å². The fourth-order valence-corrected chi connectivity index (χ4v) is 1.65. The quantitative estimate of drug-likeness (QED) is 0.651. The average Bonchev–Trinajstić information content (AvgIpc) is 2.27. The molecular formula is C11H15ClN2O2. The van der Waals surface area contributed by atoms with E-state index in [1.165, 1.54) is 12.1 Å². The van der Waals surface area contributed by atoms with Crippen LogP contribution in [-0.2, 0) is 0 Å². The summed E-state index contributed by atoms with van der Waals surface area (Å²) in [5, 5.41) is 10.9. The normalized spacial score (nSPS) is 14.5. The van der Waals surface area contributed by atoms with E-state index in [1.807, 2.05) is 13.8 Å². The van der Waals surface area contributed by atoms with Gasteiger partial charge in [-0.25, -0.2) is 0 Å². The lowest BCUT2D eigenvalue weighted by molar-refractivity contribution is -0.384. The maximum atomic E-state index is 10.7. The van der Waals surface area contributed by atoms with E-state index in [2.05, 4.69) is 0 Å². The zero-order valence-electron chi connectivity index (χ0n) is 9.31. The minimum Gasteiger partial charge on any atom is -0.324 e. The van der Waals surface area contributed by atoms with Crippen LogP contribution in [-0.4, -0.2) is 4.92 Å². The minimum atomic E-state index is -0.491. The Morgan fingerprint density at radius 2 is 2.19 bits per heavy atom. The van der Waals surface area contributed by atoms with Crippen LogP contribution in [0.15, 0.2) is 18.2 Å². The van der Waals surface area contributed by atoms with Gasteiger partial charge >= 0.3 is 0 Å². The van der Waals surface area contributed by atoms with E-state index in [1.54, 1.807) is 6.07 Å². The molecule has 5 heteroatoms. The monoisotopic (exact) mass is 242 g/mol. The van der Waals surface area contributed by atoms with Crippen LogP contribution in [0.2, 0.25) is 5.02 Å². The Labute approximate surface area is 99.6 Å². The number of nitro benzene ring substituents is 1. The Morgan fingerprint density at radius 1 is 1.56 bits per heavy atom. The van der Waals surface area contributed by atoms with Crippen molar-refractivity contribution in [2.24, 2.45) is 11.7 Å². The second kappa shape index (κ2) is 5.27. The lowest BCUT2D eigenvalue weighted by atomic mass is 9.93. The molecule has 0 aliphatic heterocycles. The zero-order chi connectivity index (χ0) is 12.3. The number of hydrogen-bond acceptors (Lipinski definition) is 3. The summed E-state index contributed by atoms with van der Waals surface area (Å²) in [6.45, 7) is 4.06. The molecule has 2 atom stereocenters. The van der Waals surface area contributed by atoms with Gasteiger partial charge in [-0.15, -0.1) is 0 Å². The molecule has 0 saturated heterocycles. The summed E-state index contributed by atoms with van der Waals surface area (Å²) in [6.07, 6.45) is 0.928. The number of nitrogens with two attached hydrogens (primary N) is 1. The fourth-order valence-electron chi connectivity index (χ4n) is 1.46. The predicted molar refractivity (Wildman–Crippen MR) is 64.5 cm³/mol. The third-order valence-corrected chi connectivity index (χ3v) is 3.13. The molecule has 0 fully saturated rings. The smallest absolute Gasteiger partial charge is 0.288 e. The molecule has 0 radical (unpaired) electrons. The number of nitrogens with zero attached hydrogens (tertiary/aromatic N) is 1.